The molecule has 0 saturated carbocycles. The van der Waals surface area contributed by atoms with E-state index in [1.807, 2.05) is 19.1 Å². The van der Waals surface area contributed by atoms with E-state index < -0.39 is 17.6 Å². The van der Waals surface area contributed by atoms with Crippen LogP contribution in [0.5, 0.6) is 11.8 Å². The van der Waals surface area contributed by atoms with Crippen LogP contribution in [0.2, 0.25) is 0 Å². The summed E-state index contributed by atoms with van der Waals surface area (Å²) in [7, 11) is 0. The maximum atomic E-state index is 12.9. The van der Waals surface area contributed by atoms with E-state index in [1.54, 1.807) is 55.7 Å². The highest BCUT2D eigenvalue weighted by atomic mass is 16.6. The first kappa shape index (κ1) is 23.6. The van der Waals surface area contributed by atoms with E-state index in [2.05, 4.69) is 9.97 Å². The lowest BCUT2D eigenvalue weighted by Crippen LogP contribution is -2.35. The molecule has 35 heavy (non-hydrogen) atoms. The molecule has 2 aromatic heterocycles. The van der Waals surface area contributed by atoms with E-state index in [4.69, 9.17) is 13.9 Å². The number of imide groups is 1. The second-order valence-corrected chi connectivity index (χ2v) is 7.68. The quantitative estimate of drug-likeness (QED) is 0.368. The van der Waals surface area contributed by atoms with Gasteiger partial charge in [0.2, 0.25) is 5.91 Å². The predicted molar refractivity (Wildman–Crippen MR) is 129 cm³/mol. The van der Waals surface area contributed by atoms with Crippen LogP contribution in [0.4, 0.5) is 10.5 Å². The van der Waals surface area contributed by atoms with Crippen molar-refractivity contribution in [3.8, 4) is 11.8 Å². The standard InChI is InChI=1S/C26H23N3O6/c1-4-33-26(32)29(17(3)30)19-8-5-7-18(13-19)14-22-16(2)21-10-9-20(15-23(21)35-24(22)31)34-25-27-11-6-12-28-25/h5-13,15H,4,14H2,1-3H3. The highest BCUT2D eigenvalue weighted by Gasteiger charge is 2.22. The number of hydrogen-bond donors (Lipinski definition) is 0. The van der Waals surface area contributed by atoms with E-state index in [0.717, 1.165) is 21.4 Å². The van der Waals surface area contributed by atoms with Gasteiger partial charge in [0.05, 0.1) is 12.3 Å². The van der Waals surface area contributed by atoms with Gasteiger partial charge in [0.25, 0.3) is 0 Å². The summed E-state index contributed by atoms with van der Waals surface area (Å²) in [5.74, 6) is -0.0316. The van der Waals surface area contributed by atoms with Crippen LogP contribution in [0, 0.1) is 6.92 Å². The summed E-state index contributed by atoms with van der Waals surface area (Å²) in [6, 6.07) is 13.9. The molecule has 9 heteroatoms. The number of aryl methyl sites for hydroxylation is 1. The van der Waals surface area contributed by atoms with Crippen molar-refractivity contribution in [1.29, 1.82) is 0 Å². The molecule has 0 N–H and O–H groups in total. The second kappa shape index (κ2) is 10.2. The molecule has 4 aromatic rings. The van der Waals surface area contributed by atoms with Crippen molar-refractivity contribution in [1.82, 2.24) is 9.97 Å². The summed E-state index contributed by atoms with van der Waals surface area (Å²) in [6.45, 7) is 4.94. The van der Waals surface area contributed by atoms with Crippen molar-refractivity contribution in [3.05, 3.63) is 88.0 Å². The number of hydrogen-bond acceptors (Lipinski definition) is 8. The highest BCUT2D eigenvalue weighted by Crippen LogP contribution is 2.27. The molecule has 2 amide bonds. The number of amides is 2. The topological polar surface area (TPSA) is 112 Å². The summed E-state index contributed by atoms with van der Waals surface area (Å²) < 4.78 is 16.2. The van der Waals surface area contributed by atoms with Crippen LogP contribution in [0.25, 0.3) is 11.0 Å². The van der Waals surface area contributed by atoms with Crippen molar-refractivity contribution >= 4 is 28.7 Å². The molecule has 9 nitrogen and oxygen atoms in total. The van der Waals surface area contributed by atoms with Crippen molar-refractivity contribution < 1.29 is 23.5 Å². The van der Waals surface area contributed by atoms with Gasteiger partial charge >= 0.3 is 17.7 Å². The Balaban J connectivity index is 1.65. The molecule has 0 aliphatic rings. The number of carbonyl (C=O) groups excluding carboxylic acids is 2. The summed E-state index contributed by atoms with van der Waals surface area (Å²) in [5.41, 5.74) is 2.22. The lowest BCUT2D eigenvalue weighted by molar-refractivity contribution is -0.116. The van der Waals surface area contributed by atoms with E-state index in [0.29, 0.717) is 22.6 Å². The first-order chi connectivity index (χ1) is 16.9. The smallest absolute Gasteiger partial charge is 0.421 e. The Bertz CT molecular complexity index is 1450. The first-order valence-electron chi connectivity index (χ1n) is 10.9. The summed E-state index contributed by atoms with van der Waals surface area (Å²) in [5, 5.41) is 0.758. The van der Waals surface area contributed by atoms with Crippen molar-refractivity contribution in [2.24, 2.45) is 0 Å². The third-order valence-corrected chi connectivity index (χ3v) is 5.32. The molecule has 0 saturated heterocycles. The number of benzene rings is 2. The average molecular weight is 473 g/mol. The Morgan fingerprint density at radius 2 is 1.83 bits per heavy atom. The zero-order chi connectivity index (χ0) is 24.9. The monoisotopic (exact) mass is 473 g/mol. The molecule has 178 valence electrons. The van der Waals surface area contributed by atoms with E-state index in [1.165, 1.54) is 6.92 Å². The second-order valence-electron chi connectivity index (χ2n) is 7.68. The number of ether oxygens (including phenoxy) is 2. The SMILES string of the molecule is CCOC(=O)N(C(C)=O)c1cccc(Cc2c(C)c3ccc(Oc4ncccn4)cc3oc2=O)c1. The molecule has 2 heterocycles. The molecule has 0 radical (unpaired) electrons. The zero-order valence-electron chi connectivity index (χ0n) is 19.5. The Labute approximate surface area is 200 Å². The molecule has 0 unspecified atom stereocenters. The van der Waals surface area contributed by atoms with Gasteiger partial charge in [0, 0.05) is 42.8 Å². The number of rotatable bonds is 6. The van der Waals surface area contributed by atoms with Crippen LogP contribution >= 0.6 is 0 Å². The van der Waals surface area contributed by atoms with Crippen LogP contribution in [-0.2, 0) is 16.0 Å². The zero-order valence-corrected chi connectivity index (χ0v) is 19.5. The van der Waals surface area contributed by atoms with Crippen molar-refractivity contribution in [2.75, 3.05) is 11.5 Å². The van der Waals surface area contributed by atoms with Crippen molar-refractivity contribution in [2.45, 2.75) is 27.2 Å². The minimum Gasteiger partial charge on any atom is -0.449 e. The normalized spacial score (nSPS) is 10.7. The molecule has 0 atom stereocenters. The largest absolute Gasteiger partial charge is 0.449 e. The Kier molecular flexibility index (Phi) is 6.86. The van der Waals surface area contributed by atoms with Crippen LogP contribution in [-0.4, -0.2) is 28.6 Å². The number of carbonyl (C=O) groups is 2. The molecule has 0 aliphatic heterocycles. The number of anilines is 1. The van der Waals surface area contributed by atoms with Crippen LogP contribution in [0.15, 0.2) is 70.1 Å². The molecule has 2 aromatic carbocycles. The van der Waals surface area contributed by atoms with E-state index in [-0.39, 0.29) is 19.0 Å². The fraction of sp³-hybridized carbons (Fsp3) is 0.192. The fourth-order valence-corrected chi connectivity index (χ4v) is 3.70. The molecular weight excluding hydrogens is 450 g/mol. The number of aromatic nitrogens is 2. The van der Waals surface area contributed by atoms with Crippen molar-refractivity contribution in [3.63, 3.8) is 0 Å². The predicted octanol–water partition coefficient (Wildman–Crippen LogP) is 4.78. The summed E-state index contributed by atoms with van der Waals surface area (Å²) in [4.78, 5) is 46.2. The van der Waals surface area contributed by atoms with Gasteiger partial charge in [-0.15, -0.1) is 0 Å². The minimum absolute atomic E-state index is 0.144. The van der Waals surface area contributed by atoms with E-state index >= 15 is 0 Å². The molecule has 4 rings (SSSR count). The third-order valence-electron chi connectivity index (χ3n) is 5.32. The fourth-order valence-electron chi connectivity index (χ4n) is 3.70. The molecule has 0 spiro atoms. The van der Waals surface area contributed by atoms with Gasteiger partial charge in [-0.25, -0.2) is 24.5 Å². The van der Waals surface area contributed by atoms with Crippen LogP contribution in [0.3, 0.4) is 0 Å². The lowest BCUT2D eigenvalue weighted by Gasteiger charge is -2.19. The minimum atomic E-state index is -0.752. The average Bonchev–Trinajstić information content (AvgIpc) is 2.82. The van der Waals surface area contributed by atoms with Gasteiger partial charge in [-0.2, -0.15) is 0 Å². The lowest BCUT2D eigenvalue weighted by atomic mass is 9.99. The summed E-state index contributed by atoms with van der Waals surface area (Å²) >= 11 is 0. The number of fused-ring (bicyclic) bond motifs is 1. The van der Waals surface area contributed by atoms with Gasteiger partial charge in [-0.3, -0.25) is 4.79 Å². The van der Waals surface area contributed by atoms with Gasteiger partial charge in [-0.1, -0.05) is 12.1 Å². The maximum absolute atomic E-state index is 12.9. The van der Waals surface area contributed by atoms with Gasteiger partial charge in [-0.05, 0) is 55.3 Å². The molecule has 0 aliphatic carbocycles. The molecule has 0 fully saturated rings. The van der Waals surface area contributed by atoms with Gasteiger partial charge in [0.15, 0.2) is 0 Å². The van der Waals surface area contributed by atoms with Gasteiger partial charge in [0.1, 0.15) is 11.3 Å². The molecule has 0 bridgehead atoms. The number of nitrogens with zero attached hydrogens (tertiary/aromatic N) is 3. The summed E-state index contributed by atoms with van der Waals surface area (Å²) in [6.07, 6.45) is 2.63. The third kappa shape index (κ3) is 5.19. The maximum Gasteiger partial charge on any atom is 0.421 e. The van der Waals surface area contributed by atoms with Crippen LogP contribution < -0.4 is 15.3 Å². The Hall–Kier alpha value is -4.53. The molecular formula is C26H23N3O6. The Morgan fingerprint density at radius 3 is 2.54 bits per heavy atom. The Morgan fingerprint density at radius 1 is 1.06 bits per heavy atom. The highest BCUT2D eigenvalue weighted by molar-refractivity contribution is 6.11. The van der Waals surface area contributed by atoms with E-state index in [9.17, 15) is 14.4 Å². The first-order valence-corrected chi connectivity index (χ1v) is 10.9. The van der Waals surface area contributed by atoms with Gasteiger partial charge < -0.3 is 13.9 Å². The van der Waals surface area contributed by atoms with Crippen LogP contribution in [0.1, 0.15) is 30.5 Å².